The molecule has 0 radical (unpaired) electrons. The highest BCUT2D eigenvalue weighted by molar-refractivity contribution is 6.07. The first-order valence-corrected chi connectivity index (χ1v) is 22.3. The summed E-state index contributed by atoms with van der Waals surface area (Å²) in [4.78, 5) is 55.6. The lowest BCUT2D eigenvalue weighted by molar-refractivity contribution is -0.192. The van der Waals surface area contributed by atoms with Crippen molar-refractivity contribution in [3.8, 4) is 0 Å². The van der Waals surface area contributed by atoms with Crippen molar-refractivity contribution < 1.29 is 39.2 Å². The van der Waals surface area contributed by atoms with Crippen molar-refractivity contribution >= 4 is 23.5 Å². The molecule has 0 aromatic heterocycles. The lowest BCUT2D eigenvalue weighted by Gasteiger charge is -2.67. The molecule has 0 aliphatic heterocycles. The van der Waals surface area contributed by atoms with Gasteiger partial charge in [0.15, 0.2) is 11.6 Å². The van der Waals surface area contributed by atoms with Crippen LogP contribution in [0.15, 0.2) is 41.5 Å². The zero-order valence-corrected chi connectivity index (χ0v) is 36.3. The number of aliphatic hydroxyl groups excluding tert-OH is 2. The van der Waals surface area contributed by atoms with Gasteiger partial charge in [-0.15, -0.1) is 0 Å². The summed E-state index contributed by atoms with van der Waals surface area (Å²) in [5.74, 6) is 0.583. The van der Waals surface area contributed by atoms with Gasteiger partial charge in [0, 0.05) is 13.0 Å². The maximum Gasteiger partial charge on any atom is 0.309 e. The van der Waals surface area contributed by atoms with Gasteiger partial charge < -0.3 is 20.1 Å². The van der Waals surface area contributed by atoms with Crippen LogP contribution in [0, 0.1) is 51.2 Å². The SMILES string of the molecule is CC.CCC1=C2C3CCC4C(C)(CCC5C(C)C(OC(=O)CC(C)(C)C(=O)O)CCC54C)C3CCC2(C(=O)CN(CCCC(O)CO)Cc2ccccc2)CC1=O. The van der Waals surface area contributed by atoms with Crippen LogP contribution in [0.3, 0.4) is 0 Å². The van der Waals surface area contributed by atoms with Gasteiger partial charge >= 0.3 is 11.9 Å². The molecule has 5 aliphatic rings. The number of fused-ring (bicyclic) bond motifs is 7. The topological polar surface area (TPSA) is 141 Å². The summed E-state index contributed by atoms with van der Waals surface area (Å²) in [7, 11) is 0. The van der Waals surface area contributed by atoms with Crippen LogP contribution in [-0.2, 0) is 30.5 Å². The first-order chi connectivity index (χ1) is 27.0. The van der Waals surface area contributed by atoms with E-state index in [0.29, 0.717) is 56.5 Å². The molecule has 10 unspecified atom stereocenters. The smallest absolute Gasteiger partial charge is 0.309 e. The van der Waals surface area contributed by atoms with Gasteiger partial charge in [-0.25, -0.2) is 0 Å². The summed E-state index contributed by atoms with van der Waals surface area (Å²) in [6, 6.07) is 10.1. The third-order valence-electron chi connectivity index (χ3n) is 15.8. The fraction of sp³-hybridized carbons (Fsp3) is 0.750. The number of carboxylic acids is 1. The minimum Gasteiger partial charge on any atom is -0.481 e. The molecule has 0 saturated heterocycles. The Kier molecular flexibility index (Phi) is 14.4. The summed E-state index contributed by atoms with van der Waals surface area (Å²) < 4.78 is 6.05. The minimum atomic E-state index is -1.17. The number of ketones is 2. The Morgan fingerprint density at radius 2 is 1.61 bits per heavy atom. The standard InChI is InChI=1S/C46H67NO8.C2H6/c1-7-32-36(50)24-46(39(51)27-47(23-11-14-31(49)28-48)26-30-12-9-8-10-13-30)22-18-35-33(41(32)46)15-16-38-44(5)21-19-37(29(2)34(44)17-20-45(35,38)6)55-40(52)25-43(3,4)42(53)54;1-2/h8-10,12-13,29,31,33-35,37-38,48-49H,7,11,14-28H2,1-6H3,(H,53,54);1-2H3. The Balaban J connectivity index is 0.00000305. The number of carboxylic acid groups (broad SMARTS) is 1. The van der Waals surface area contributed by atoms with Gasteiger partial charge in [-0.3, -0.25) is 24.1 Å². The van der Waals surface area contributed by atoms with Gasteiger partial charge in [-0.1, -0.05) is 71.9 Å². The number of rotatable bonds is 15. The van der Waals surface area contributed by atoms with Gasteiger partial charge in [0.05, 0.1) is 36.5 Å². The molecule has 4 saturated carbocycles. The third-order valence-corrected chi connectivity index (χ3v) is 15.8. The largest absolute Gasteiger partial charge is 0.481 e. The van der Waals surface area contributed by atoms with E-state index in [0.717, 1.165) is 56.1 Å². The van der Waals surface area contributed by atoms with Crippen LogP contribution >= 0.6 is 0 Å². The van der Waals surface area contributed by atoms with E-state index >= 15 is 0 Å². The third kappa shape index (κ3) is 8.73. The maximum absolute atomic E-state index is 14.9. The Labute approximate surface area is 342 Å². The zero-order valence-electron chi connectivity index (χ0n) is 36.3. The van der Waals surface area contributed by atoms with Gasteiger partial charge in [-0.05, 0) is 148 Å². The van der Waals surface area contributed by atoms with Crippen LogP contribution < -0.4 is 0 Å². The van der Waals surface area contributed by atoms with E-state index in [2.05, 4.69) is 44.7 Å². The molecule has 0 amide bonds. The summed E-state index contributed by atoms with van der Waals surface area (Å²) in [6.07, 6.45) is 8.50. The van der Waals surface area contributed by atoms with E-state index in [1.54, 1.807) is 13.8 Å². The summed E-state index contributed by atoms with van der Waals surface area (Å²) in [6.45, 7) is 17.6. The highest BCUT2D eigenvalue weighted by Crippen LogP contribution is 2.71. The fourth-order valence-electron chi connectivity index (χ4n) is 12.9. The molecule has 9 nitrogen and oxygen atoms in total. The molecule has 9 heteroatoms. The summed E-state index contributed by atoms with van der Waals surface area (Å²) >= 11 is 0. The molecule has 10 atom stereocenters. The minimum absolute atomic E-state index is 0.0719. The van der Waals surface area contributed by atoms with Gasteiger partial charge in [0.25, 0.3) is 0 Å². The number of aliphatic hydroxyl groups is 2. The number of carbonyl (C=O) groups excluding carboxylic acids is 3. The van der Waals surface area contributed by atoms with Crippen molar-refractivity contribution in [1.82, 2.24) is 4.90 Å². The summed E-state index contributed by atoms with van der Waals surface area (Å²) in [5.41, 5.74) is 1.44. The lowest BCUT2D eigenvalue weighted by Crippen LogP contribution is -2.61. The molecule has 1 aromatic rings. The van der Waals surface area contributed by atoms with E-state index in [1.165, 1.54) is 5.57 Å². The number of esters is 1. The van der Waals surface area contributed by atoms with Crippen LogP contribution in [0.2, 0.25) is 0 Å². The molecule has 5 aliphatic carbocycles. The maximum atomic E-state index is 14.9. The Bertz CT molecular complexity index is 1640. The van der Waals surface area contributed by atoms with E-state index in [-0.39, 0.29) is 66.3 Å². The molecule has 0 spiro atoms. The average Bonchev–Trinajstić information content (AvgIpc) is 3.49. The Morgan fingerprint density at radius 1 is 0.965 bits per heavy atom. The number of hydrogen-bond acceptors (Lipinski definition) is 8. The molecule has 1 aromatic carbocycles. The fourth-order valence-corrected chi connectivity index (χ4v) is 12.9. The molecule has 0 bridgehead atoms. The van der Waals surface area contributed by atoms with Crippen LogP contribution in [-0.4, -0.2) is 75.6 Å². The number of carbonyl (C=O) groups is 4. The van der Waals surface area contributed by atoms with Crippen molar-refractivity contribution in [1.29, 1.82) is 0 Å². The summed E-state index contributed by atoms with van der Waals surface area (Å²) in [5, 5.41) is 29.0. The van der Waals surface area contributed by atoms with Crippen molar-refractivity contribution in [2.75, 3.05) is 19.7 Å². The Morgan fingerprint density at radius 3 is 2.26 bits per heavy atom. The van der Waals surface area contributed by atoms with Crippen LogP contribution in [0.1, 0.15) is 144 Å². The van der Waals surface area contributed by atoms with Crippen molar-refractivity contribution in [3.63, 3.8) is 0 Å². The van der Waals surface area contributed by atoms with E-state index in [4.69, 9.17) is 4.74 Å². The van der Waals surface area contributed by atoms with E-state index in [1.807, 2.05) is 32.0 Å². The molecule has 4 fully saturated rings. The molecular formula is C48H73NO8. The average molecular weight is 792 g/mol. The highest BCUT2D eigenvalue weighted by Gasteiger charge is 2.66. The van der Waals surface area contributed by atoms with Crippen LogP contribution in [0.5, 0.6) is 0 Å². The predicted molar refractivity (Wildman–Crippen MR) is 222 cm³/mol. The Hall–Kier alpha value is -2.88. The second kappa shape index (κ2) is 18.2. The molecular weight excluding hydrogens is 719 g/mol. The molecule has 3 N–H and O–H groups in total. The number of aliphatic carboxylic acids is 1. The second-order valence-electron chi connectivity index (χ2n) is 19.4. The molecule has 0 heterocycles. The molecule has 318 valence electrons. The first-order valence-electron chi connectivity index (χ1n) is 22.3. The molecule has 57 heavy (non-hydrogen) atoms. The number of benzene rings is 1. The van der Waals surface area contributed by atoms with Gasteiger partial charge in [0.2, 0.25) is 0 Å². The number of ether oxygens (including phenoxy) is 1. The number of allylic oxidation sites excluding steroid dienone is 2. The monoisotopic (exact) mass is 792 g/mol. The second-order valence-corrected chi connectivity index (χ2v) is 19.4. The zero-order chi connectivity index (χ0) is 41.9. The van der Waals surface area contributed by atoms with Crippen molar-refractivity contribution in [3.05, 3.63) is 47.0 Å². The normalized spacial score (nSPS) is 33.9. The number of hydrogen-bond donors (Lipinski definition) is 3. The number of Topliss-reactive ketones (excluding diaryl/α,β-unsaturated/α-hetero) is 2. The highest BCUT2D eigenvalue weighted by atomic mass is 16.5. The first kappa shape index (κ1) is 45.2. The van der Waals surface area contributed by atoms with E-state index < -0.39 is 28.9 Å². The predicted octanol–water partition coefficient (Wildman–Crippen LogP) is 8.58. The number of nitrogens with zero attached hydrogens (tertiary/aromatic N) is 1. The van der Waals surface area contributed by atoms with Crippen LogP contribution in [0.25, 0.3) is 0 Å². The van der Waals surface area contributed by atoms with Crippen molar-refractivity contribution in [2.24, 2.45) is 51.2 Å². The molecule has 6 rings (SSSR count). The lowest BCUT2D eigenvalue weighted by atomic mass is 9.38. The van der Waals surface area contributed by atoms with Gasteiger partial charge in [-0.2, -0.15) is 0 Å². The van der Waals surface area contributed by atoms with Gasteiger partial charge in [0.1, 0.15) is 6.10 Å². The van der Waals surface area contributed by atoms with Crippen LogP contribution in [0.4, 0.5) is 0 Å². The van der Waals surface area contributed by atoms with Crippen molar-refractivity contribution in [2.45, 2.75) is 158 Å². The van der Waals surface area contributed by atoms with E-state index in [9.17, 15) is 34.5 Å². The quantitative estimate of drug-likeness (QED) is 0.149.